The van der Waals surface area contributed by atoms with Crippen LogP contribution in [0.15, 0.2) is 30.9 Å². The van der Waals surface area contributed by atoms with E-state index in [-0.39, 0.29) is 29.6 Å². The van der Waals surface area contributed by atoms with Crippen LogP contribution in [0.25, 0.3) is 0 Å². The molecule has 1 N–H and O–H groups in total. The number of carbonyl (C=O) groups excluding carboxylic acids is 2. The molecule has 1 aliphatic rings. The topological polar surface area (TPSA) is 95.3 Å². The molecule has 150 valence electrons. The van der Waals surface area contributed by atoms with E-state index < -0.39 is 17.8 Å². The molecule has 1 aliphatic heterocycles. The van der Waals surface area contributed by atoms with E-state index in [1.165, 1.54) is 23.9 Å². The van der Waals surface area contributed by atoms with Gasteiger partial charge < -0.3 is 15.0 Å². The van der Waals surface area contributed by atoms with E-state index in [0.29, 0.717) is 25.3 Å². The van der Waals surface area contributed by atoms with E-state index in [1.54, 1.807) is 17.0 Å². The molecule has 0 bridgehead atoms. The van der Waals surface area contributed by atoms with Crippen molar-refractivity contribution >= 4 is 29.5 Å². The van der Waals surface area contributed by atoms with Crippen molar-refractivity contribution in [1.82, 2.24) is 9.88 Å². The Morgan fingerprint density at radius 2 is 2.39 bits per heavy atom. The largest absolute Gasteiger partial charge is 0.460 e. The molecule has 3 unspecified atom stereocenters. The molecule has 0 radical (unpaired) electrons. The lowest BCUT2D eigenvalue weighted by molar-refractivity contribution is -0.146. The number of carbonyl (C=O) groups is 2. The van der Waals surface area contributed by atoms with Crippen LogP contribution in [-0.4, -0.2) is 52.1 Å². The quantitative estimate of drug-likeness (QED) is 0.362. The molecule has 0 saturated carbocycles. The highest BCUT2D eigenvalue weighted by Crippen LogP contribution is 2.37. The van der Waals surface area contributed by atoms with E-state index in [9.17, 15) is 19.2 Å². The number of nitrogens with one attached hydrogen (secondary N) is 1. The Morgan fingerprint density at radius 1 is 1.61 bits per heavy atom. The van der Waals surface area contributed by atoms with Crippen LogP contribution in [0.2, 0.25) is 0 Å². The van der Waals surface area contributed by atoms with Gasteiger partial charge in [0.25, 0.3) is 0 Å². The number of ether oxygens (including phenoxy) is 1. The van der Waals surface area contributed by atoms with Crippen LogP contribution in [0.5, 0.6) is 0 Å². The number of amides is 1. The third kappa shape index (κ3) is 5.70. The molecule has 1 aromatic heterocycles. The summed E-state index contributed by atoms with van der Waals surface area (Å²) >= 11 is 1.44. The highest BCUT2D eigenvalue weighted by atomic mass is 32.2. The van der Waals surface area contributed by atoms with E-state index in [2.05, 4.69) is 16.9 Å². The van der Waals surface area contributed by atoms with Gasteiger partial charge in [-0.05, 0) is 25.5 Å². The number of hydrogen-bond acceptors (Lipinski definition) is 7. The molecule has 9 heteroatoms. The number of nitrogens with zero attached hydrogens (tertiary/aromatic N) is 3. The van der Waals surface area contributed by atoms with Crippen molar-refractivity contribution in [2.75, 3.05) is 25.0 Å². The minimum absolute atomic E-state index is 0.0253. The maximum absolute atomic E-state index is 13.1. The van der Waals surface area contributed by atoms with Gasteiger partial charge in [0.2, 0.25) is 11.9 Å². The van der Waals surface area contributed by atoms with Crippen molar-refractivity contribution in [3.8, 4) is 6.07 Å². The maximum Gasteiger partial charge on any atom is 0.323 e. The Kier molecular flexibility index (Phi) is 8.26. The molecule has 0 aliphatic carbocycles. The summed E-state index contributed by atoms with van der Waals surface area (Å²) in [6, 6.07) is 6.44. The first-order valence-electron chi connectivity index (χ1n) is 8.99. The monoisotopic (exact) mass is 406 g/mol. The predicted octanol–water partition coefficient (Wildman–Crippen LogP) is 2.57. The highest BCUT2D eigenvalue weighted by Gasteiger charge is 2.41. The predicted molar refractivity (Wildman–Crippen MR) is 105 cm³/mol. The lowest BCUT2D eigenvalue weighted by Crippen LogP contribution is -2.36. The Bertz CT molecular complexity index is 755. The number of anilines is 1. The normalized spacial score (nSPS) is 19.8. The molecule has 1 saturated heterocycles. The smallest absolute Gasteiger partial charge is 0.323 e. The van der Waals surface area contributed by atoms with Gasteiger partial charge in [-0.15, -0.1) is 11.8 Å². The zero-order chi connectivity index (χ0) is 20.5. The van der Waals surface area contributed by atoms with E-state index in [1.807, 2.05) is 13.0 Å². The summed E-state index contributed by atoms with van der Waals surface area (Å²) in [4.78, 5) is 30.0. The molecule has 7 nitrogen and oxygen atoms in total. The van der Waals surface area contributed by atoms with Gasteiger partial charge in [-0.1, -0.05) is 18.7 Å². The summed E-state index contributed by atoms with van der Waals surface area (Å²) in [6.07, 6.45) is 2.17. The molecular formula is C19H23FN4O3S. The fourth-order valence-electron chi connectivity index (χ4n) is 2.86. The van der Waals surface area contributed by atoms with E-state index in [0.717, 1.165) is 0 Å². The van der Waals surface area contributed by atoms with Crippen LogP contribution >= 0.6 is 11.8 Å². The second-order valence-corrected chi connectivity index (χ2v) is 7.49. The zero-order valence-electron chi connectivity index (χ0n) is 15.6. The van der Waals surface area contributed by atoms with Crippen LogP contribution in [0.1, 0.15) is 19.8 Å². The number of pyridine rings is 1. The third-order valence-electron chi connectivity index (χ3n) is 4.22. The average Bonchev–Trinajstić information content (AvgIpc) is 2.98. The molecule has 2 heterocycles. The van der Waals surface area contributed by atoms with E-state index >= 15 is 0 Å². The van der Waals surface area contributed by atoms with Gasteiger partial charge in [-0.2, -0.15) is 9.65 Å². The van der Waals surface area contributed by atoms with Crippen LogP contribution in [0.4, 0.5) is 10.2 Å². The van der Waals surface area contributed by atoms with Crippen LogP contribution in [0.3, 0.4) is 0 Å². The SMILES string of the molecule is C=CCOC(=O)C(C#N)CC1SC(CCNc2cccc(F)n2)C(=O)N1CC. The van der Waals surface area contributed by atoms with Crippen molar-refractivity contribution in [2.24, 2.45) is 5.92 Å². The standard InChI is InChI=1S/C19H23FN4O3S/c1-3-10-27-19(26)13(12-21)11-17-24(4-2)18(25)14(28-17)8-9-22-16-7-5-6-15(20)23-16/h3,5-7,13-14,17H,1,4,8-11H2,2H3,(H,22,23). The van der Waals surface area contributed by atoms with Gasteiger partial charge >= 0.3 is 5.97 Å². The Hall–Kier alpha value is -2.60. The summed E-state index contributed by atoms with van der Waals surface area (Å²) in [5.41, 5.74) is 0. The van der Waals surface area contributed by atoms with Crippen molar-refractivity contribution in [1.29, 1.82) is 5.26 Å². The van der Waals surface area contributed by atoms with Gasteiger partial charge in [0.15, 0.2) is 0 Å². The lowest BCUT2D eigenvalue weighted by atomic mass is 10.1. The summed E-state index contributed by atoms with van der Waals surface area (Å²) in [5.74, 6) is -1.72. The highest BCUT2D eigenvalue weighted by molar-refractivity contribution is 8.01. The van der Waals surface area contributed by atoms with Crippen LogP contribution < -0.4 is 5.32 Å². The molecule has 1 aromatic rings. The van der Waals surface area contributed by atoms with E-state index in [4.69, 9.17) is 4.74 Å². The van der Waals surface area contributed by atoms with Crippen molar-refractivity contribution in [3.05, 3.63) is 36.8 Å². The van der Waals surface area contributed by atoms with Gasteiger partial charge in [0.05, 0.1) is 16.7 Å². The molecule has 2 rings (SSSR count). The molecule has 0 spiro atoms. The van der Waals surface area contributed by atoms with Crippen molar-refractivity contribution in [3.63, 3.8) is 0 Å². The summed E-state index contributed by atoms with van der Waals surface area (Å²) in [6.45, 7) is 6.33. The number of hydrogen-bond donors (Lipinski definition) is 1. The third-order valence-corrected chi connectivity index (χ3v) is 5.74. The summed E-state index contributed by atoms with van der Waals surface area (Å²) in [5, 5.41) is 11.7. The van der Waals surface area contributed by atoms with Gasteiger partial charge in [0, 0.05) is 19.5 Å². The second kappa shape index (κ2) is 10.7. The first-order valence-corrected chi connectivity index (χ1v) is 9.94. The summed E-state index contributed by atoms with van der Waals surface area (Å²) < 4.78 is 18.1. The van der Waals surface area contributed by atoms with Crippen LogP contribution in [0, 0.1) is 23.2 Å². The van der Waals surface area contributed by atoms with Crippen LogP contribution in [-0.2, 0) is 14.3 Å². The maximum atomic E-state index is 13.1. The lowest BCUT2D eigenvalue weighted by Gasteiger charge is -2.23. The minimum Gasteiger partial charge on any atom is -0.460 e. The number of nitriles is 1. The molecule has 3 atom stereocenters. The van der Waals surface area contributed by atoms with Gasteiger partial charge in [-0.25, -0.2) is 4.98 Å². The molecular weight excluding hydrogens is 383 g/mol. The second-order valence-electron chi connectivity index (χ2n) is 6.10. The number of aromatic nitrogens is 1. The van der Waals surface area contributed by atoms with Gasteiger partial charge in [0.1, 0.15) is 18.3 Å². The molecule has 0 aromatic carbocycles. The fourth-order valence-corrected chi connectivity index (χ4v) is 4.45. The molecule has 1 amide bonds. The van der Waals surface area contributed by atoms with Gasteiger partial charge in [-0.3, -0.25) is 9.59 Å². The van der Waals surface area contributed by atoms with Crippen molar-refractivity contribution < 1.29 is 18.7 Å². The zero-order valence-corrected chi connectivity index (χ0v) is 16.5. The minimum atomic E-state index is -0.937. The Balaban J connectivity index is 1.92. The Morgan fingerprint density at radius 3 is 3.04 bits per heavy atom. The first-order chi connectivity index (χ1) is 13.5. The Labute approximate surface area is 167 Å². The fraction of sp³-hybridized carbons (Fsp3) is 0.474. The van der Waals surface area contributed by atoms with Crippen molar-refractivity contribution in [2.45, 2.75) is 30.4 Å². The number of thioether (sulfide) groups is 1. The number of rotatable bonds is 10. The number of halogens is 1. The summed E-state index contributed by atoms with van der Waals surface area (Å²) in [7, 11) is 0. The first kappa shape index (κ1) is 21.7. The number of esters is 1. The average molecular weight is 406 g/mol. The molecule has 1 fully saturated rings. The molecule has 28 heavy (non-hydrogen) atoms.